The third-order valence-electron chi connectivity index (χ3n) is 7.81. The standard InChI is InChI=1S/C34H33F6NP2/c1-2-3-24-41(43-31(25-10-6-4-7-11-25)22-23-32(43)26-12-8-5-9-13-26)42(29-18-14-27(15-19-29)33(35,36)37)30-20-16-28(17-21-30)34(38,39)40/h4-21,31-32H,2-3,22-24H2,1H3/t31-,32-/m1/s1. The van der Waals surface area contributed by atoms with Crippen LogP contribution in [0, 0.1) is 0 Å². The first-order valence-corrected chi connectivity index (χ1v) is 17.1. The summed E-state index contributed by atoms with van der Waals surface area (Å²) in [6, 6.07) is 31.1. The molecular weight excluding hydrogens is 598 g/mol. The lowest BCUT2D eigenvalue weighted by Crippen LogP contribution is -2.28. The Hall–Kier alpha value is -2.72. The van der Waals surface area contributed by atoms with E-state index < -0.39 is 39.6 Å². The van der Waals surface area contributed by atoms with E-state index in [9.17, 15) is 26.3 Å². The third-order valence-corrected chi connectivity index (χ3v) is 14.3. The van der Waals surface area contributed by atoms with Crippen molar-refractivity contribution in [3.63, 3.8) is 0 Å². The molecule has 4 aromatic carbocycles. The maximum absolute atomic E-state index is 13.5. The van der Waals surface area contributed by atoms with Crippen molar-refractivity contribution in [2.24, 2.45) is 0 Å². The maximum atomic E-state index is 13.5. The number of halogens is 6. The Labute approximate surface area is 251 Å². The second kappa shape index (κ2) is 13.5. The van der Waals surface area contributed by atoms with Crippen LogP contribution in [0.1, 0.15) is 66.2 Å². The highest BCUT2D eigenvalue weighted by Gasteiger charge is 2.44. The first-order valence-electron chi connectivity index (χ1n) is 14.4. The Balaban J connectivity index is 1.68. The van der Waals surface area contributed by atoms with Gasteiger partial charge >= 0.3 is 12.4 Å². The topological polar surface area (TPSA) is 3.24 Å². The van der Waals surface area contributed by atoms with Gasteiger partial charge in [0, 0.05) is 25.9 Å². The summed E-state index contributed by atoms with van der Waals surface area (Å²) in [5.74, 6) is 0. The van der Waals surface area contributed by atoms with Gasteiger partial charge < -0.3 is 0 Å². The van der Waals surface area contributed by atoms with Crippen molar-refractivity contribution in [1.82, 2.24) is 4.44 Å². The van der Waals surface area contributed by atoms with Crippen LogP contribution in [0.2, 0.25) is 0 Å². The van der Waals surface area contributed by atoms with Crippen molar-refractivity contribution in [1.29, 1.82) is 0 Å². The lowest BCUT2D eigenvalue weighted by molar-refractivity contribution is -0.138. The predicted molar refractivity (Wildman–Crippen MR) is 165 cm³/mol. The van der Waals surface area contributed by atoms with Crippen molar-refractivity contribution in [3.05, 3.63) is 131 Å². The molecule has 1 aliphatic heterocycles. The molecule has 1 fully saturated rings. The zero-order chi connectivity index (χ0) is 30.6. The number of unbranched alkanes of at least 4 members (excludes halogenated alkanes) is 1. The largest absolute Gasteiger partial charge is 0.416 e. The molecule has 1 saturated heterocycles. The van der Waals surface area contributed by atoms with Crippen molar-refractivity contribution >= 4 is 26.8 Å². The minimum absolute atomic E-state index is 0.215. The molecule has 4 aromatic rings. The van der Waals surface area contributed by atoms with Gasteiger partial charge in [-0.2, -0.15) is 26.3 Å². The lowest BCUT2D eigenvalue weighted by atomic mass is 10.0. The van der Waals surface area contributed by atoms with Gasteiger partial charge in [0.25, 0.3) is 0 Å². The Kier molecular flexibility index (Phi) is 9.96. The van der Waals surface area contributed by atoms with E-state index in [1.54, 1.807) is 0 Å². The molecule has 1 aliphatic rings. The van der Waals surface area contributed by atoms with Crippen molar-refractivity contribution in [2.45, 2.75) is 56.3 Å². The second-order valence-electron chi connectivity index (χ2n) is 10.7. The molecular formula is C34H33F6NP2. The quantitative estimate of drug-likeness (QED) is 0.131. The zero-order valence-corrected chi connectivity index (χ0v) is 25.5. The molecule has 0 aliphatic carbocycles. The Morgan fingerprint density at radius 1 is 0.628 bits per heavy atom. The van der Waals surface area contributed by atoms with Gasteiger partial charge in [-0.05, 0) is 73.3 Å². The van der Waals surface area contributed by atoms with Gasteiger partial charge in [0.1, 0.15) is 0 Å². The molecule has 0 aromatic heterocycles. The van der Waals surface area contributed by atoms with Crippen LogP contribution in [-0.4, -0.2) is 11.0 Å². The van der Waals surface area contributed by atoms with Crippen LogP contribution in [0.3, 0.4) is 0 Å². The van der Waals surface area contributed by atoms with Gasteiger partial charge in [0.2, 0.25) is 0 Å². The number of nitrogens with zero attached hydrogens (tertiary/aromatic N) is 1. The highest BCUT2D eigenvalue weighted by atomic mass is 31.2. The summed E-state index contributed by atoms with van der Waals surface area (Å²) in [5.41, 5.74) is 1.40. The van der Waals surface area contributed by atoms with E-state index in [0.29, 0.717) is 17.2 Å². The number of benzene rings is 4. The molecule has 0 saturated carbocycles. The summed E-state index contributed by atoms with van der Waals surface area (Å²) in [7, 11) is -2.37. The van der Waals surface area contributed by atoms with Crippen LogP contribution in [0.5, 0.6) is 0 Å². The summed E-state index contributed by atoms with van der Waals surface area (Å²) in [5, 5.41) is 1.40. The fourth-order valence-corrected chi connectivity index (χ4v) is 13.2. The minimum Gasteiger partial charge on any atom is -0.251 e. The van der Waals surface area contributed by atoms with Gasteiger partial charge in [0.05, 0.1) is 11.1 Å². The van der Waals surface area contributed by atoms with E-state index in [2.05, 4.69) is 35.6 Å². The van der Waals surface area contributed by atoms with E-state index in [1.165, 1.54) is 35.4 Å². The maximum Gasteiger partial charge on any atom is 0.416 e. The van der Waals surface area contributed by atoms with E-state index in [4.69, 9.17) is 0 Å². The molecule has 0 N–H and O–H groups in total. The third kappa shape index (κ3) is 7.33. The Morgan fingerprint density at radius 3 is 1.37 bits per heavy atom. The fourth-order valence-electron chi connectivity index (χ4n) is 5.73. The van der Waals surface area contributed by atoms with Crippen LogP contribution in [0.25, 0.3) is 0 Å². The summed E-state index contributed by atoms with van der Waals surface area (Å²) < 4.78 is 83.7. The van der Waals surface area contributed by atoms with Crippen molar-refractivity contribution in [3.8, 4) is 0 Å². The highest BCUT2D eigenvalue weighted by Crippen LogP contribution is 2.76. The molecule has 5 rings (SSSR count). The average Bonchev–Trinajstić information content (AvgIpc) is 3.44. The molecule has 1 nitrogen and oxygen atoms in total. The van der Waals surface area contributed by atoms with Crippen molar-refractivity contribution < 1.29 is 26.3 Å². The smallest absolute Gasteiger partial charge is 0.251 e. The van der Waals surface area contributed by atoms with Crippen molar-refractivity contribution in [2.75, 3.05) is 6.54 Å². The molecule has 9 heteroatoms. The molecule has 0 spiro atoms. The monoisotopic (exact) mass is 631 g/mol. The normalized spacial score (nSPS) is 18.1. The van der Waals surface area contributed by atoms with Gasteiger partial charge in [0.15, 0.2) is 0 Å². The molecule has 2 atom stereocenters. The summed E-state index contributed by atoms with van der Waals surface area (Å²) >= 11 is 0. The SMILES string of the molecule is CCCCN(P(c1ccc(C(F)(F)F)cc1)c1ccc(C(F)(F)F)cc1)P1[C@@H](c2ccccc2)CC[C@@H]1c1ccccc1. The molecule has 0 amide bonds. The summed E-state index contributed by atoms with van der Waals surface area (Å²) in [6.07, 6.45) is -5.27. The lowest BCUT2D eigenvalue weighted by Gasteiger charge is -2.42. The van der Waals surface area contributed by atoms with Crippen LogP contribution >= 0.6 is 16.1 Å². The number of hydrogen-bond acceptors (Lipinski definition) is 1. The average molecular weight is 632 g/mol. The van der Waals surface area contributed by atoms with Gasteiger partial charge in [-0.25, -0.2) is 0 Å². The molecule has 1 heterocycles. The number of hydrogen-bond donors (Lipinski definition) is 0. The van der Waals surface area contributed by atoms with Gasteiger partial charge in [-0.15, -0.1) is 0 Å². The van der Waals surface area contributed by atoms with Crippen LogP contribution in [-0.2, 0) is 12.4 Å². The first kappa shape index (κ1) is 31.7. The van der Waals surface area contributed by atoms with E-state index in [-0.39, 0.29) is 11.3 Å². The molecule has 43 heavy (non-hydrogen) atoms. The van der Waals surface area contributed by atoms with Gasteiger partial charge in [-0.1, -0.05) is 98.3 Å². The fraction of sp³-hybridized carbons (Fsp3) is 0.294. The number of alkyl halides is 6. The molecule has 0 bridgehead atoms. The van der Waals surface area contributed by atoms with Crippen LogP contribution in [0.4, 0.5) is 26.3 Å². The Bertz CT molecular complexity index is 1340. The van der Waals surface area contributed by atoms with E-state index >= 15 is 0 Å². The second-order valence-corrected chi connectivity index (χ2v) is 15.6. The zero-order valence-electron chi connectivity index (χ0n) is 23.7. The highest BCUT2D eigenvalue weighted by molar-refractivity contribution is 7.79. The summed E-state index contributed by atoms with van der Waals surface area (Å²) in [6.45, 7) is 2.80. The Morgan fingerprint density at radius 2 is 1.02 bits per heavy atom. The van der Waals surface area contributed by atoms with E-state index in [0.717, 1.165) is 49.9 Å². The first-order chi connectivity index (χ1) is 20.6. The van der Waals surface area contributed by atoms with Crippen LogP contribution in [0.15, 0.2) is 109 Å². The van der Waals surface area contributed by atoms with E-state index in [1.807, 2.05) is 36.4 Å². The minimum atomic E-state index is -4.48. The van der Waals surface area contributed by atoms with Gasteiger partial charge in [-0.3, -0.25) is 4.44 Å². The number of rotatable bonds is 9. The predicted octanol–water partition coefficient (Wildman–Crippen LogP) is 10.8. The summed E-state index contributed by atoms with van der Waals surface area (Å²) in [4.78, 5) is 0. The molecule has 0 unspecified atom stereocenters. The van der Waals surface area contributed by atoms with Crippen LogP contribution < -0.4 is 10.6 Å². The molecule has 226 valence electrons. The molecule has 0 radical (unpaired) electrons.